The van der Waals surface area contributed by atoms with Gasteiger partial charge in [-0.25, -0.2) is 9.78 Å². The molecule has 0 saturated heterocycles. The van der Waals surface area contributed by atoms with E-state index in [1.165, 1.54) is 0 Å². The highest BCUT2D eigenvalue weighted by Crippen LogP contribution is 2.18. The Hall–Kier alpha value is -1.73. The lowest BCUT2D eigenvalue weighted by molar-refractivity contribution is -0.120. The summed E-state index contributed by atoms with van der Waals surface area (Å²) in [5.41, 5.74) is 1.43. The third kappa shape index (κ3) is 4.37. The first kappa shape index (κ1) is 15.7. The summed E-state index contributed by atoms with van der Waals surface area (Å²) in [6, 6.07) is 7.66. The van der Waals surface area contributed by atoms with Gasteiger partial charge in [0.05, 0.1) is 12.1 Å². The first-order chi connectivity index (χ1) is 9.95. The van der Waals surface area contributed by atoms with E-state index in [0.29, 0.717) is 17.2 Å². The van der Waals surface area contributed by atoms with Crippen molar-refractivity contribution in [2.24, 2.45) is 0 Å². The molecule has 1 heterocycles. The number of hydrogen-bond donors (Lipinski definition) is 2. The van der Waals surface area contributed by atoms with Crippen molar-refractivity contribution < 1.29 is 14.7 Å². The van der Waals surface area contributed by atoms with Crippen molar-refractivity contribution in [1.29, 1.82) is 0 Å². The van der Waals surface area contributed by atoms with E-state index < -0.39 is 5.97 Å². The van der Waals surface area contributed by atoms with Crippen LogP contribution in [0.3, 0.4) is 0 Å². The van der Waals surface area contributed by atoms with Gasteiger partial charge in [0.2, 0.25) is 5.91 Å². The summed E-state index contributed by atoms with van der Waals surface area (Å²) in [6.45, 7) is 2.05. The normalized spacial score (nSPS) is 10.4. The second-order valence-electron chi connectivity index (χ2n) is 4.41. The van der Waals surface area contributed by atoms with Crippen LogP contribution < -0.4 is 5.32 Å². The molecular weight excluding hydrogens is 356 g/mol. The van der Waals surface area contributed by atoms with Crippen LogP contribution in [0.1, 0.15) is 25.9 Å². The molecule has 0 aliphatic heterocycles. The predicted molar refractivity (Wildman–Crippen MR) is 83.5 cm³/mol. The number of carboxylic acid groups (broad SMARTS) is 1. The summed E-state index contributed by atoms with van der Waals surface area (Å²) in [5, 5.41) is 12.3. The number of carbonyl (C=O) groups is 2. The number of carbonyl (C=O) groups excluding carboxylic acids is 1. The zero-order chi connectivity index (χ0) is 15.4. The lowest BCUT2D eigenvalue weighted by atomic mass is 10.2. The fourth-order valence-electron chi connectivity index (χ4n) is 1.77. The van der Waals surface area contributed by atoms with Crippen molar-refractivity contribution in [3.8, 4) is 0 Å². The van der Waals surface area contributed by atoms with Crippen molar-refractivity contribution in [1.82, 2.24) is 10.3 Å². The van der Waals surface area contributed by atoms with Gasteiger partial charge in [-0.1, -0.05) is 28.1 Å². The van der Waals surface area contributed by atoms with E-state index in [1.807, 2.05) is 24.3 Å². The molecule has 0 saturated carbocycles. The molecule has 110 valence electrons. The third-order valence-corrected chi connectivity index (χ3v) is 4.36. The van der Waals surface area contributed by atoms with Gasteiger partial charge in [0.1, 0.15) is 9.88 Å². The monoisotopic (exact) mass is 368 g/mol. The number of aromatic carboxylic acids is 1. The molecule has 0 atom stereocenters. The van der Waals surface area contributed by atoms with Crippen LogP contribution in [-0.2, 0) is 17.8 Å². The number of benzene rings is 1. The average Bonchev–Trinajstić information content (AvgIpc) is 2.77. The fraction of sp³-hybridized carbons (Fsp3) is 0.214. The number of halogens is 1. The quantitative estimate of drug-likeness (QED) is 0.850. The van der Waals surface area contributed by atoms with Crippen LogP contribution in [0.5, 0.6) is 0 Å². The van der Waals surface area contributed by atoms with E-state index in [1.54, 1.807) is 6.92 Å². The van der Waals surface area contributed by atoms with Crippen molar-refractivity contribution in [3.05, 3.63) is 49.9 Å². The molecule has 1 aromatic carbocycles. The van der Waals surface area contributed by atoms with Gasteiger partial charge >= 0.3 is 5.97 Å². The van der Waals surface area contributed by atoms with Gasteiger partial charge in [-0.05, 0) is 24.6 Å². The van der Waals surface area contributed by atoms with Crippen LogP contribution in [0.25, 0.3) is 0 Å². The molecule has 7 heteroatoms. The lowest BCUT2D eigenvalue weighted by Crippen LogP contribution is -2.24. The molecule has 0 bridgehead atoms. The van der Waals surface area contributed by atoms with Crippen molar-refractivity contribution in [2.75, 3.05) is 0 Å². The van der Waals surface area contributed by atoms with Crippen molar-refractivity contribution in [3.63, 3.8) is 0 Å². The second-order valence-corrected chi connectivity index (χ2v) is 6.41. The number of carboxylic acids is 1. The Morgan fingerprint density at radius 2 is 2.19 bits per heavy atom. The molecule has 1 aromatic heterocycles. The highest BCUT2D eigenvalue weighted by Gasteiger charge is 2.15. The zero-order valence-electron chi connectivity index (χ0n) is 11.2. The van der Waals surface area contributed by atoms with E-state index in [-0.39, 0.29) is 17.2 Å². The minimum absolute atomic E-state index is 0.0901. The molecule has 0 unspecified atom stereocenters. The van der Waals surface area contributed by atoms with Gasteiger partial charge in [-0.15, -0.1) is 11.3 Å². The molecule has 0 radical (unpaired) electrons. The smallest absolute Gasteiger partial charge is 0.347 e. The molecule has 0 fully saturated rings. The van der Waals surface area contributed by atoms with E-state index in [9.17, 15) is 9.59 Å². The van der Waals surface area contributed by atoms with E-state index in [4.69, 9.17) is 5.11 Å². The summed E-state index contributed by atoms with van der Waals surface area (Å²) >= 11 is 4.41. The van der Waals surface area contributed by atoms with Gasteiger partial charge in [0, 0.05) is 11.0 Å². The highest BCUT2D eigenvalue weighted by molar-refractivity contribution is 9.10. The Morgan fingerprint density at radius 3 is 2.81 bits per heavy atom. The minimum atomic E-state index is -1.01. The molecule has 0 aliphatic carbocycles. The fourth-order valence-corrected chi connectivity index (χ4v) is 3.12. The third-order valence-electron chi connectivity index (χ3n) is 2.73. The van der Waals surface area contributed by atoms with Crippen molar-refractivity contribution >= 4 is 39.1 Å². The van der Waals surface area contributed by atoms with Gasteiger partial charge in [0.15, 0.2) is 0 Å². The molecule has 1 amide bonds. The number of hydrogen-bond acceptors (Lipinski definition) is 4. The second kappa shape index (κ2) is 6.82. The summed E-state index contributed by atoms with van der Waals surface area (Å²) < 4.78 is 0.955. The van der Waals surface area contributed by atoms with Gasteiger partial charge in [-0.2, -0.15) is 0 Å². The predicted octanol–water partition coefficient (Wildman–Crippen LogP) is 2.77. The van der Waals surface area contributed by atoms with Crippen LogP contribution in [0.4, 0.5) is 0 Å². The van der Waals surface area contributed by atoms with Gasteiger partial charge in [0.25, 0.3) is 0 Å². The Labute approximate surface area is 134 Å². The molecule has 21 heavy (non-hydrogen) atoms. The first-order valence-corrected chi connectivity index (χ1v) is 7.77. The topological polar surface area (TPSA) is 79.3 Å². The lowest BCUT2D eigenvalue weighted by Gasteiger charge is -2.04. The Balaban J connectivity index is 1.93. The van der Waals surface area contributed by atoms with E-state index >= 15 is 0 Å². The number of nitrogens with zero attached hydrogens (tertiary/aromatic N) is 1. The van der Waals surface area contributed by atoms with Crippen molar-refractivity contribution in [2.45, 2.75) is 19.9 Å². The molecule has 0 aliphatic rings. The van der Waals surface area contributed by atoms with E-state index in [2.05, 4.69) is 26.2 Å². The highest BCUT2D eigenvalue weighted by atomic mass is 79.9. The molecule has 2 N–H and O–H groups in total. The maximum absolute atomic E-state index is 11.9. The maximum Gasteiger partial charge on any atom is 0.347 e. The van der Waals surface area contributed by atoms with Gasteiger partial charge in [-0.3, -0.25) is 4.79 Å². The minimum Gasteiger partial charge on any atom is -0.477 e. The number of aryl methyl sites for hydroxylation is 1. The molecule has 0 spiro atoms. The Kier molecular flexibility index (Phi) is 5.08. The number of nitrogens with one attached hydrogen (secondary N) is 1. The summed E-state index contributed by atoms with van der Waals surface area (Å²) in [7, 11) is 0. The van der Waals surface area contributed by atoms with Crippen LogP contribution in [0, 0.1) is 6.92 Å². The van der Waals surface area contributed by atoms with Crippen LogP contribution in [-0.4, -0.2) is 22.0 Å². The number of aromatic nitrogens is 1. The number of amides is 1. The molecule has 5 nitrogen and oxygen atoms in total. The van der Waals surface area contributed by atoms with Crippen LogP contribution in [0.2, 0.25) is 0 Å². The SMILES string of the molecule is Cc1nc(CC(=O)NCc2cccc(Br)c2)sc1C(=O)O. The van der Waals surface area contributed by atoms with E-state index in [0.717, 1.165) is 21.4 Å². The summed E-state index contributed by atoms with van der Waals surface area (Å²) in [5.74, 6) is -1.19. The zero-order valence-corrected chi connectivity index (χ0v) is 13.6. The molecule has 2 aromatic rings. The summed E-state index contributed by atoms with van der Waals surface area (Å²) in [6.07, 6.45) is 0.0901. The van der Waals surface area contributed by atoms with Crippen LogP contribution in [0.15, 0.2) is 28.7 Å². The molecule has 2 rings (SSSR count). The number of thiazole rings is 1. The first-order valence-electron chi connectivity index (χ1n) is 6.16. The summed E-state index contributed by atoms with van der Waals surface area (Å²) in [4.78, 5) is 27.1. The van der Waals surface area contributed by atoms with Gasteiger partial charge < -0.3 is 10.4 Å². The molecular formula is C14H13BrN2O3S. The Morgan fingerprint density at radius 1 is 1.43 bits per heavy atom. The van der Waals surface area contributed by atoms with Crippen LogP contribution >= 0.6 is 27.3 Å². The standard InChI is InChI=1S/C14H13BrN2O3S/c1-8-13(14(19)20)21-12(17-8)6-11(18)16-7-9-3-2-4-10(15)5-9/h2-5H,6-7H2,1H3,(H,16,18)(H,19,20). The Bertz CT molecular complexity index is 685. The maximum atomic E-state index is 11.9. The average molecular weight is 369 g/mol. The number of rotatable bonds is 5. The largest absolute Gasteiger partial charge is 0.477 e.